The lowest BCUT2D eigenvalue weighted by Crippen LogP contribution is -2.54. The van der Waals surface area contributed by atoms with E-state index in [4.69, 9.17) is 5.73 Å². The van der Waals surface area contributed by atoms with Crippen molar-refractivity contribution < 1.29 is 9.59 Å². The second kappa shape index (κ2) is 8.10. The van der Waals surface area contributed by atoms with Crippen molar-refractivity contribution in [1.29, 1.82) is 0 Å². The Hall–Kier alpha value is -2.73. The first kappa shape index (κ1) is 18.1. The number of nitrogens with two attached hydrogens (primary N) is 1. The van der Waals surface area contributed by atoms with E-state index in [1.807, 2.05) is 24.3 Å². The Bertz CT molecular complexity index is 753. The van der Waals surface area contributed by atoms with Crippen molar-refractivity contribution in [2.24, 2.45) is 5.73 Å². The molecule has 26 heavy (non-hydrogen) atoms. The molecule has 1 fully saturated rings. The van der Waals surface area contributed by atoms with Gasteiger partial charge in [0.15, 0.2) is 0 Å². The molecule has 0 atom stereocenters. The molecule has 1 heterocycles. The Kier molecular flexibility index (Phi) is 5.63. The smallest absolute Gasteiger partial charge is 0.257 e. The van der Waals surface area contributed by atoms with Crippen LogP contribution in [0.15, 0.2) is 48.8 Å². The van der Waals surface area contributed by atoms with Gasteiger partial charge in [-0.15, -0.1) is 0 Å². The van der Waals surface area contributed by atoms with Crippen LogP contribution in [0, 0.1) is 0 Å². The van der Waals surface area contributed by atoms with Crippen molar-refractivity contribution in [3.8, 4) is 0 Å². The Balaban J connectivity index is 1.53. The largest absolute Gasteiger partial charge is 0.350 e. The molecule has 1 aromatic heterocycles. The van der Waals surface area contributed by atoms with Crippen molar-refractivity contribution in [2.45, 2.75) is 44.2 Å². The summed E-state index contributed by atoms with van der Waals surface area (Å²) in [6, 6.07) is 10.8. The zero-order chi connectivity index (χ0) is 18.4. The van der Waals surface area contributed by atoms with E-state index in [-0.39, 0.29) is 11.8 Å². The average molecular weight is 352 g/mol. The van der Waals surface area contributed by atoms with Crippen molar-refractivity contribution >= 4 is 17.5 Å². The van der Waals surface area contributed by atoms with Crippen molar-refractivity contribution in [3.05, 3.63) is 59.9 Å². The first-order valence-corrected chi connectivity index (χ1v) is 8.94. The molecule has 3 rings (SSSR count). The first-order chi connectivity index (χ1) is 12.6. The molecule has 6 nitrogen and oxygen atoms in total. The van der Waals surface area contributed by atoms with Crippen LogP contribution in [-0.2, 0) is 11.3 Å². The normalized spacial score (nSPS) is 15.9. The Morgan fingerprint density at radius 3 is 2.46 bits per heavy atom. The zero-order valence-electron chi connectivity index (χ0n) is 14.7. The predicted molar refractivity (Wildman–Crippen MR) is 100 cm³/mol. The van der Waals surface area contributed by atoms with Crippen LogP contribution in [0.2, 0.25) is 0 Å². The Labute approximate surface area is 153 Å². The minimum absolute atomic E-state index is 0.0776. The van der Waals surface area contributed by atoms with E-state index in [2.05, 4.69) is 15.6 Å². The van der Waals surface area contributed by atoms with Gasteiger partial charge in [-0.25, -0.2) is 0 Å². The molecular formula is C20H24N4O2. The predicted octanol–water partition coefficient (Wildman–Crippen LogP) is 2.61. The highest BCUT2D eigenvalue weighted by Gasteiger charge is 2.34. The molecule has 0 bridgehead atoms. The van der Waals surface area contributed by atoms with E-state index in [1.54, 1.807) is 18.3 Å². The summed E-state index contributed by atoms with van der Waals surface area (Å²) in [6.45, 7) is 0.425. The summed E-state index contributed by atoms with van der Waals surface area (Å²) >= 11 is 0. The number of nitrogens with zero attached hydrogens (tertiary/aromatic N) is 1. The Morgan fingerprint density at radius 2 is 1.81 bits per heavy atom. The van der Waals surface area contributed by atoms with Gasteiger partial charge in [0.2, 0.25) is 5.91 Å². The van der Waals surface area contributed by atoms with Crippen LogP contribution in [0.5, 0.6) is 0 Å². The van der Waals surface area contributed by atoms with Crippen LogP contribution < -0.4 is 16.4 Å². The molecule has 1 aliphatic rings. The zero-order valence-corrected chi connectivity index (χ0v) is 14.7. The van der Waals surface area contributed by atoms with E-state index >= 15 is 0 Å². The molecule has 0 aliphatic heterocycles. The van der Waals surface area contributed by atoms with E-state index in [0.717, 1.165) is 37.7 Å². The highest BCUT2D eigenvalue weighted by Crippen LogP contribution is 2.26. The van der Waals surface area contributed by atoms with Gasteiger partial charge >= 0.3 is 0 Å². The molecule has 4 N–H and O–H groups in total. The van der Waals surface area contributed by atoms with Crippen LogP contribution in [0.3, 0.4) is 0 Å². The van der Waals surface area contributed by atoms with Gasteiger partial charge in [0.25, 0.3) is 5.91 Å². The second-order valence-corrected chi connectivity index (χ2v) is 6.79. The SMILES string of the molecule is NC1(C(=O)NCc2ccc(NC(=O)c3cccnc3)cc2)CCCCC1. The summed E-state index contributed by atoms with van der Waals surface area (Å²) in [5.41, 5.74) is 7.66. The van der Waals surface area contributed by atoms with E-state index < -0.39 is 5.54 Å². The van der Waals surface area contributed by atoms with Crippen LogP contribution in [-0.4, -0.2) is 22.3 Å². The maximum absolute atomic E-state index is 12.4. The molecule has 0 unspecified atom stereocenters. The van der Waals surface area contributed by atoms with Crippen LogP contribution in [0.4, 0.5) is 5.69 Å². The van der Waals surface area contributed by atoms with Crippen molar-refractivity contribution in [3.63, 3.8) is 0 Å². The molecule has 0 radical (unpaired) electrons. The molecule has 6 heteroatoms. The minimum atomic E-state index is -0.726. The summed E-state index contributed by atoms with van der Waals surface area (Å²) in [6.07, 6.45) is 7.81. The average Bonchev–Trinajstić information content (AvgIpc) is 2.68. The number of anilines is 1. The summed E-state index contributed by atoms with van der Waals surface area (Å²) < 4.78 is 0. The summed E-state index contributed by atoms with van der Waals surface area (Å²) in [5, 5.41) is 5.76. The summed E-state index contributed by atoms with van der Waals surface area (Å²) in [7, 11) is 0. The molecule has 136 valence electrons. The number of carbonyl (C=O) groups excluding carboxylic acids is 2. The van der Waals surface area contributed by atoms with Crippen LogP contribution in [0.1, 0.15) is 48.0 Å². The number of amides is 2. The number of carbonyl (C=O) groups is 2. The monoisotopic (exact) mass is 352 g/mol. The van der Waals surface area contributed by atoms with Crippen molar-refractivity contribution in [1.82, 2.24) is 10.3 Å². The molecule has 1 saturated carbocycles. The summed E-state index contributed by atoms with van der Waals surface area (Å²) in [5.74, 6) is -0.285. The summed E-state index contributed by atoms with van der Waals surface area (Å²) in [4.78, 5) is 28.4. The Morgan fingerprint density at radius 1 is 1.08 bits per heavy atom. The minimum Gasteiger partial charge on any atom is -0.350 e. The van der Waals surface area contributed by atoms with Crippen molar-refractivity contribution in [2.75, 3.05) is 5.32 Å². The fourth-order valence-electron chi connectivity index (χ4n) is 3.17. The lowest BCUT2D eigenvalue weighted by atomic mass is 9.82. The third kappa shape index (κ3) is 4.46. The first-order valence-electron chi connectivity index (χ1n) is 8.94. The van der Waals surface area contributed by atoms with Gasteiger partial charge < -0.3 is 16.4 Å². The van der Waals surface area contributed by atoms with Crippen LogP contribution >= 0.6 is 0 Å². The molecule has 2 aromatic rings. The van der Waals surface area contributed by atoms with Gasteiger partial charge in [-0.05, 0) is 42.7 Å². The number of pyridine rings is 1. The fourth-order valence-corrected chi connectivity index (χ4v) is 3.17. The number of hydrogen-bond acceptors (Lipinski definition) is 4. The third-order valence-electron chi connectivity index (χ3n) is 4.79. The number of nitrogens with one attached hydrogen (secondary N) is 2. The van der Waals surface area contributed by atoms with Gasteiger partial charge in [-0.2, -0.15) is 0 Å². The topological polar surface area (TPSA) is 97.1 Å². The standard InChI is InChI=1S/C20H24N4O2/c21-20(10-2-1-3-11-20)19(26)23-13-15-6-8-17(9-7-15)24-18(25)16-5-4-12-22-14-16/h4-9,12,14H,1-3,10-11,13,21H2,(H,23,26)(H,24,25). The van der Waals surface area contributed by atoms with Gasteiger partial charge in [0.05, 0.1) is 11.1 Å². The number of rotatable bonds is 5. The van der Waals surface area contributed by atoms with E-state index in [0.29, 0.717) is 17.8 Å². The maximum atomic E-state index is 12.4. The van der Waals surface area contributed by atoms with Gasteiger partial charge in [0.1, 0.15) is 0 Å². The highest BCUT2D eigenvalue weighted by atomic mass is 16.2. The van der Waals surface area contributed by atoms with Crippen LogP contribution in [0.25, 0.3) is 0 Å². The highest BCUT2D eigenvalue weighted by molar-refractivity contribution is 6.04. The van der Waals surface area contributed by atoms with Gasteiger partial charge in [-0.3, -0.25) is 14.6 Å². The second-order valence-electron chi connectivity index (χ2n) is 6.79. The molecule has 2 amide bonds. The molecular weight excluding hydrogens is 328 g/mol. The third-order valence-corrected chi connectivity index (χ3v) is 4.79. The molecule has 0 saturated heterocycles. The lowest BCUT2D eigenvalue weighted by molar-refractivity contribution is -0.127. The number of benzene rings is 1. The molecule has 0 spiro atoms. The molecule has 1 aliphatic carbocycles. The number of aromatic nitrogens is 1. The molecule has 1 aromatic carbocycles. The lowest BCUT2D eigenvalue weighted by Gasteiger charge is -2.31. The van der Waals surface area contributed by atoms with Gasteiger partial charge in [0, 0.05) is 24.6 Å². The number of hydrogen-bond donors (Lipinski definition) is 3. The fraction of sp³-hybridized carbons (Fsp3) is 0.350. The van der Waals surface area contributed by atoms with Gasteiger partial charge in [-0.1, -0.05) is 31.4 Å². The quantitative estimate of drug-likeness (QED) is 0.770. The van der Waals surface area contributed by atoms with E-state index in [9.17, 15) is 9.59 Å². The maximum Gasteiger partial charge on any atom is 0.257 e. The van der Waals surface area contributed by atoms with E-state index in [1.165, 1.54) is 6.20 Å².